The molecule has 0 aliphatic rings. The Labute approximate surface area is 103 Å². The third kappa shape index (κ3) is 6.38. The number of thioether (sulfide) groups is 1. The molecule has 0 rings (SSSR count). The summed E-state index contributed by atoms with van der Waals surface area (Å²) in [6, 6.07) is 0. The van der Waals surface area contributed by atoms with Crippen molar-refractivity contribution in [3.8, 4) is 0 Å². The Morgan fingerprint density at radius 1 is 1.38 bits per heavy atom. The topological polar surface area (TPSA) is 49.3 Å². The lowest BCUT2D eigenvalue weighted by atomic mass is 10.1. The van der Waals surface area contributed by atoms with Crippen LogP contribution in [0.3, 0.4) is 0 Å². The van der Waals surface area contributed by atoms with Gasteiger partial charge >= 0.3 is 0 Å². The van der Waals surface area contributed by atoms with E-state index in [9.17, 15) is 9.90 Å². The SMILES string of the molecule is CCCC(O)CNC(=O)C(SCC)C(C)C. The summed E-state index contributed by atoms with van der Waals surface area (Å²) < 4.78 is 0. The number of hydrogen-bond donors (Lipinski definition) is 2. The molecule has 1 amide bonds. The molecule has 0 saturated carbocycles. The van der Waals surface area contributed by atoms with Crippen molar-refractivity contribution >= 4 is 17.7 Å². The van der Waals surface area contributed by atoms with Crippen LogP contribution in [0.5, 0.6) is 0 Å². The van der Waals surface area contributed by atoms with Gasteiger partial charge in [0.05, 0.1) is 11.4 Å². The molecule has 0 fully saturated rings. The van der Waals surface area contributed by atoms with E-state index in [-0.39, 0.29) is 11.2 Å². The van der Waals surface area contributed by atoms with Crippen LogP contribution in [0.1, 0.15) is 40.5 Å². The maximum absolute atomic E-state index is 11.8. The third-order valence-electron chi connectivity index (χ3n) is 2.34. The van der Waals surface area contributed by atoms with Gasteiger partial charge in [0.2, 0.25) is 5.91 Å². The summed E-state index contributed by atoms with van der Waals surface area (Å²) in [5.41, 5.74) is 0. The van der Waals surface area contributed by atoms with Gasteiger partial charge in [0.1, 0.15) is 0 Å². The summed E-state index contributed by atoms with van der Waals surface area (Å²) in [7, 11) is 0. The summed E-state index contributed by atoms with van der Waals surface area (Å²) in [4.78, 5) is 11.8. The van der Waals surface area contributed by atoms with Crippen molar-refractivity contribution in [2.75, 3.05) is 12.3 Å². The van der Waals surface area contributed by atoms with Crippen LogP contribution in [0.15, 0.2) is 0 Å². The van der Waals surface area contributed by atoms with Crippen LogP contribution in [0.25, 0.3) is 0 Å². The Balaban J connectivity index is 4.00. The van der Waals surface area contributed by atoms with Crippen LogP contribution in [0.2, 0.25) is 0 Å². The lowest BCUT2D eigenvalue weighted by Crippen LogP contribution is -2.39. The fraction of sp³-hybridized carbons (Fsp3) is 0.917. The van der Waals surface area contributed by atoms with Crippen molar-refractivity contribution in [3.63, 3.8) is 0 Å². The van der Waals surface area contributed by atoms with Crippen molar-refractivity contribution in [1.82, 2.24) is 5.32 Å². The molecule has 0 aliphatic heterocycles. The fourth-order valence-corrected chi connectivity index (χ4v) is 2.48. The van der Waals surface area contributed by atoms with Crippen molar-refractivity contribution in [3.05, 3.63) is 0 Å². The number of carbonyl (C=O) groups is 1. The smallest absolute Gasteiger partial charge is 0.233 e. The first kappa shape index (κ1) is 15.8. The first-order valence-electron chi connectivity index (χ1n) is 6.10. The van der Waals surface area contributed by atoms with Gasteiger partial charge < -0.3 is 10.4 Å². The van der Waals surface area contributed by atoms with Crippen molar-refractivity contribution in [2.24, 2.45) is 5.92 Å². The number of amides is 1. The molecule has 0 radical (unpaired) electrons. The van der Waals surface area contributed by atoms with E-state index in [1.54, 1.807) is 11.8 Å². The number of aliphatic hydroxyl groups is 1. The number of nitrogens with one attached hydrogen (secondary N) is 1. The minimum absolute atomic E-state index is 0.00109. The fourth-order valence-electron chi connectivity index (χ4n) is 1.50. The molecule has 0 saturated heterocycles. The number of hydrogen-bond acceptors (Lipinski definition) is 3. The van der Waals surface area contributed by atoms with E-state index in [0.717, 1.165) is 18.6 Å². The van der Waals surface area contributed by atoms with Gasteiger partial charge in [-0.25, -0.2) is 0 Å². The van der Waals surface area contributed by atoms with Gasteiger partial charge in [-0.1, -0.05) is 34.1 Å². The summed E-state index contributed by atoms with van der Waals surface area (Å²) in [6.07, 6.45) is 1.27. The van der Waals surface area contributed by atoms with E-state index >= 15 is 0 Å². The van der Waals surface area contributed by atoms with Gasteiger partial charge in [-0.15, -0.1) is 11.8 Å². The van der Waals surface area contributed by atoms with Crippen LogP contribution in [-0.2, 0) is 4.79 Å². The maximum atomic E-state index is 11.8. The van der Waals surface area contributed by atoms with Gasteiger partial charge in [-0.2, -0.15) is 0 Å². The number of carbonyl (C=O) groups excluding carboxylic acids is 1. The van der Waals surface area contributed by atoms with Crippen molar-refractivity contribution in [1.29, 1.82) is 0 Å². The molecule has 0 spiro atoms. The first-order chi connectivity index (χ1) is 7.52. The predicted molar refractivity (Wildman–Crippen MR) is 70.7 cm³/mol. The van der Waals surface area contributed by atoms with E-state index in [2.05, 4.69) is 26.1 Å². The van der Waals surface area contributed by atoms with Gasteiger partial charge in [-0.05, 0) is 18.1 Å². The monoisotopic (exact) mass is 247 g/mol. The molecule has 2 N–H and O–H groups in total. The van der Waals surface area contributed by atoms with E-state index in [4.69, 9.17) is 0 Å². The Morgan fingerprint density at radius 2 is 2.00 bits per heavy atom. The minimum Gasteiger partial charge on any atom is -0.391 e. The highest BCUT2D eigenvalue weighted by Crippen LogP contribution is 2.19. The third-order valence-corrected chi connectivity index (χ3v) is 3.79. The lowest BCUT2D eigenvalue weighted by molar-refractivity contribution is -0.121. The highest BCUT2D eigenvalue weighted by Gasteiger charge is 2.21. The quantitative estimate of drug-likeness (QED) is 0.690. The standard InChI is InChI=1S/C12H25NO2S/c1-5-7-10(14)8-13-12(15)11(9(3)4)16-6-2/h9-11,14H,5-8H2,1-4H3,(H,13,15). The van der Waals surface area contributed by atoms with Gasteiger partial charge in [0.15, 0.2) is 0 Å². The molecule has 2 unspecified atom stereocenters. The van der Waals surface area contributed by atoms with Crippen molar-refractivity contribution in [2.45, 2.75) is 51.9 Å². The van der Waals surface area contributed by atoms with Crippen LogP contribution >= 0.6 is 11.8 Å². The summed E-state index contributed by atoms with van der Waals surface area (Å²) in [5.74, 6) is 1.32. The Bertz CT molecular complexity index is 197. The number of aliphatic hydroxyl groups excluding tert-OH is 1. The molecule has 2 atom stereocenters. The van der Waals surface area contributed by atoms with Crippen molar-refractivity contribution < 1.29 is 9.90 Å². The second-order valence-corrected chi connectivity index (χ2v) is 5.73. The van der Waals surface area contributed by atoms with E-state index < -0.39 is 6.10 Å². The molecule has 0 aromatic carbocycles. The van der Waals surface area contributed by atoms with E-state index in [1.807, 2.05) is 6.92 Å². The van der Waals surface area contributed by atoms with Crippen LogP contribution in [0, 0.1) is 5.92 Å². The van der Waals surface area contributed by atoms with Gasteiger partial charge in [-0.3, -0.25) is 4.79 Å². The van der Waals surface area contributed by atoms with Crippen LogP contribution in [-0.4, -0.2) is 34.7 Å². The van der Waals surface area contributed by atoms with Crippen LogP contribution in [0.4, 0.5) is 0 Å². The zero-order valence-electron chi connectivity index (χ0n) is 10.8. The molecule has 16 heavy (non-hydrogen) atoms. The highest BCUT2D eigenvalue weighted by atomic mass is 32.2. The zero-order chi connectivity index (χ0) is 12.6. The average Bonchev–Trinajstić information content (AvgIpc) is 2.22. The molecular formula is C12H25NO2S. The van der Waals surface area contributed by atoms with Crippen LogP contribution < -0.4 is 5.32 Å². The largest absolute Gasteiger partial charge is 0.391 e. The average molecular weight is 247 g/mol. The number of rotatable bonds is 8. The zero-order valence-corrected chi connectivity index (χ0v) is 11.6. The predicted octanol–water partition coefficient (Wildman–Crippen LogP) is 2.04. The van der Waals surface area contributed by atoms with Gasteiger partial charge in [0, 0.05) is 6.54 Å². The molecule has 4 heteroatoms. The molecule has 0 aliphatic carbocycles. The summed E-state index contributed by atoms with van der Waals surface area (Å²) >= 11 is 1.66. The van der Waals surface area contributed by atoms with E-state index in [0.29, 0.717) is 12.5 Å². The Morgan fingerprint density at radius 3 is 2.44 bits per heavy atom. The maximum Gasteiger partial charge on any atom is 0.233 e. The second kappa shape index (κ2) is 8.88. The molecule has 3 nitrogen and oxygen atoms in total. The molecule has 0 bridgehead atoms. The summed E-state index contributed by atoms with van der Waals surface area (Å²) in [5, 5.41) is 12.3. The van der Waals surface area contributed by atoms with Gasteiger partial charge in [0.25, 0.3) is 0 Å². The molecule has 96 valence electrons. The highest BCUT2D eigenvalue weighted by molar-refractivity contribution is 8.00. The minimum atomic E-state index is -0.409. The molecule has 0 aromatic heterocycles. The van der Waals surface area contributed by atoms with E-state index in [1.165, 1.54) is 0 Å². The second-order valence-electron chi connectivity index (χ2n) is 4.31. The molecule has 0 heterocycles. The molecule has 0 aromatic rings. The summed E-state index contributed by atoms with van der Waals surface area (Å²) in [6.45, 7) is 8.55. The first-order valence-corrected chi connectivity index (χ1v) is 7.15. The normalized spacial score (nSPS) is 14.9. The Hall–Kier alpha value is -0.220. The Kier molecular flexibility index (Phi) is 8.76. The molecular weight excluding hydrogens is 222 g/mol. The lowest BCUT2D eigenvalue weighted by Gasteiger charge is -2.20.